The van der Waals surface area contributed by atoms with E-state index < -0.39 is 0 Å². The number of pyridine rings is 1. The third-order valence-electron chi connectivity index (χ3n) is 3.40. The minimum Gasteiger partial charge on any atom is -0.396 e. The lowest BCUT2D eigenvalue weighted by Gasteiger charge is -2.29. The molecule has 0 spiro atoms. The normalized spacial score (nSPS) is 12.7. The Labute approximate surface area is 116 Å². The Bertz CT molecular complexity index is 347. The van der Waals surface area contributed by atoms with E-state index in [-0.39, 0.29) is 6.61 Å². The van der Waals surface area contributed by atoms with Crippen LogP contribution in [0.2, 0.25) is 0 Å². The summed E-state index contributed by atoms with van der Waals surface area (Å²) >= 11 is 0. The van der Waals surface area contributed by atoms with E-state index in [2.05, 4.69) is 48.1 Å². The van der Waals surface area contributed by atoms with Crippen molar-refractivity contribution in [3.63, 3.8) is 0 Å². The van der Waals surface area contributed by atoms with Gasteiger partial charge in [0.05, 0.1) is 17.6 Å². The van der Waals surface area contributed by atoms with Gasteiger partial charge in [0.2, 0.25) is 0 Å². The van der Waals surface area contributed by atoms with Crippen LogP contribution in [0, 0.1) is 0 Å². The fraction of sp³-hybridized carbons (Fsp3) is 0.667. The molecule has 1 unspecified atom stereocenters. The van der Waals surface area contributed by atoms with Gasteiger partial charge in [-0.1, -0.05) is 6.92 Å². The van der Waals surface area contributed by atoms with Gasteiger partial charge < -0.3 is 15.3 Å². The minimum atomic E-state index is 0.229. The van der Waals surface area contributed by atoms with Gasteiger partial charge in [-0.15, -0.1) is 0 Å². The van der Waals surface area contributed by atoms with Crippen molar-refractivity contribution in [2.75, 3.05) is 25.1 Å². The molecule has 0 bridgehead atoms. The Kier molecular flexibility index (Phi) is 6.81. The van der Waals surface area contributed by atoms with Crippen LogP contribution in [0.1, 0.15) is 45.3 Å². The van der Waals surface area contributed by atoms with Crippen LogP contribution < -0.4 is 10.2 Å². The van der Waals surface area contributed by atoms with Crippen molar-refractivity contribution in [2.24, 2.45) is 0 Å². The maximum atomic E-state index is 8.97. The molecule has 0 aliphatic carbocycles. The molecule has 2 N–H and O–H groups in total. The number of rotatable bonds is 8. The Morgan fingerprint density at radius 2 is 2.11 bits per heavy atom. The van der Waals surface area contributed by atoms with Crippen LogP contribution in [0.25, 0.3) is 0 Å². The first-order valence-corrected chi connectivity index (χ1v) is 7.14. The predicted molar refractivity (Wildman–Crippen MR) is 80.5 cm³/mol. The molecule has 19 heavy (non-hydrogen) atoms. The largest absolute Gasteiger partial charge is 0.396 e. The molecule has 0 aliphatic heterocycles. The van der Waals surface area contributed by atoms with Crippen LogP contribution in [0.3, 0.4) is 0 Å². The van der Waals surface area contributed by atoms with Crippen molar-refractivity contribution >= 4 is 5.69 Å². The van der Waals surface area contributed by atoms with Gasteiger partial charge in [0.1, 0.15) is 0 Å². The molecular formula is C15H27N3O. The van der Waals surface area contributed by atoms with E-state index in [1.165, 1.54) is 0 Å². The van der Waals surface area contributed by atoms with Crippen LogP contribution in [-0.2, 0) is 0 Å². The summed E-state index contributed by atoms with van der Waals surface area (Å²) < 4.78 is 0. The fourth-order valence-electron chi connectivity index (χ4n) is 2.26. The second kappa shape index (κ2) is 8.12. The molecule has 0 saturated carbocycles. The lowest BCUT2D eigenvalue weighted by molar-refractivity contribution is 0.288. The first-order valence-electron chi connectivity index (χ1n) is 7.14. The van der Waals surface area contributed by atoms with E-state index in [1.807, 2.05) is 13.2 Å². The monoisotopic (exact) mass is 265 g/mol. The van der Waals surface area contributed by atoms with Crippen molar-refractivity contribution in [1.82, 2.24) is 10.3 Å². The quantitative estimate of drug-likeness (QED) is 0.757. The molecular weight excluding hydrogens is 238 g/mol. The SMILES string of the molecule is CCC(NC)c1ccc(N(CCCO)C(C)C)cn1. The summed E-state index contributed by atoms with van der Waals surface area (Å²) in [6, 6.07) is 4.94. The summed E-state index contributed by atoms with van der Waals surface area (Å²) in [6.07, 6.45) is 3.75. The third kappa shape index (κ3) is 4.48. The molecule has 0 radical (unpaired) electrons. The highest BCUT2D eigenvalue weighted by Gasteiger charge is 2.12. The van der Waals surface area contributed by atoms with Gasteiger partial charge in [-0.25, -0.2) is 0 Å². The smallest absolute Gasteiger partial charge is 0.0574 e. The fourth-order valence-corrected chi connectivity index (χ4v) is 2.26. The summed E-state index contributed by atoms with van der Waals surface area (Å²) in [5, 5.41) is 12.2. The lowest BCUT2D eigenvalue weighted by atomic mass is 10.1. The van der Waals surface area contributed by atoms with Gasteiger partial charge >= 0.3 is 0 Å². The summed E-state index contributed by atoms with van der Waals surface area (Å²) in [4.78, 5) is 6.84. The average Bonchev–Trinajstić information content (AvgIpc) is 2.42. The molecule has 4 heteroatoms. The second-order valence-corrected chi connectivity index (χ2v) is 5.06. The first kappa shape index (κ1) is 15.9. The maximum Gasteiger partial charge on any atom is 0.0574 e. The van der Waals surface area contributed by atoms with Crippen LogP contribution >= 0.6 is 0 Å². The zero-order valence-corrected chi connectivity index (χ0v) is 12.6. The zero-order valence-electron chi connectivity index (χ0n) is 12.6. The van der Waals surface area contributed by atoms with Crippen molar-refractivity contribution < 1.29 is 5.11 Å². The van der Waals surface area contributed by atoms with Gasteiger partial charge in [-0.05, 0) is 45.9 Å². The molecule has 0 aromatic carbocycles. The van der Waals surface area contributed by atoms with E-state index in [9.17, 15) is 0 Å². The minimum absolute atomic E-state index is 0.229. The van der Waals surface area contributed by atoms with Gasteiger partial charge in [-0.2, -0.15) is 0 Å². The van der Waals surface area contributed by atoms with Gasteiger partial charge in [0.15, 0.2) is 0 Å². The Balaban J connectivity index is 2.82. The first-order chi connectivity index (χ1) is 9.13. The van der Waals surface area contributed by atoms with Crippen molar-refractivity contribution in [3.05, 3.63) is 24.0 Å². The maximum absolute atomic E-state index is 8.97. The molecule has 1 rings (SSSR count). The number of hydrogen-bond donors (Lipinski definition) is 2. The molecule has 0 aliphatic rings. The van der Waals surface area contributed by atoms with Gasteiger partial charge in [0, 0.05) is 25.2 Å². The van der Waals surface area contributed by atoms with Gasteiger partial charge in [0.25, 0.3) is 0 Å². The summed E-state index contributed by atoms with van der Waals surface area (Å²) in [7, 11) is 1.96. The van der Waals surface area contributed by atoms with Crippen LogP contribution in [-0.4, -0.2) is 36.3 Å². The van der Waals surface area contributed by atoms with Crippen molar-refractivity contribution in [2.45, 2.75) is 45.7 Å². The number of aliphatic hydroxyl groups is 1. The third-order valence-corrected chi connectivity index (χ3v) is 3.40. The number of aromatic nitrogens is 1. The number of anilines is 1. The molecule has 1 aromatic heterocycles. The standard InChI is InChI=1S/C15H27N3O/c1-5-14(16-4)15-8-7-13(11-17-15)18(12(2)3)9-6-10-19/h7-8,11-12,14,16,19H,5-6,9-10H2,1-4H3. The number of nitrogens with zero attached hydrogens (tertiary/aromatic N) is 2. The zero-order chi connectivity index (χ0) is 14.3. The molecule has 0 saturated heterocycles. The molecule has 1 atom stereocenters. The Morgan fingerprint density at radius 1 is 1.37 bits per heavy atom. The molecule has 1 aromatic rings. The van der Waals surface area contributed by atoms with Crippen LogP contribution in [0.15, 0.2) is 18.3 Å². The highest BCUT2D eigenvalue weighted by molar-refractivity contribution is 5.45. The van der Waals surface area contributed by atoms with Crippen molar-refractivity contribution in [1.29, 1.82) is 0 Å². The topological polar surface area (TPSA) is 48.4 Å². The lowest BCUT2D eigenvalue weighted by Crippen LogP contribution is -2.32. The van der Waals surface area contributed by atoms with E-state index in [0.717, 1.165) is 30.8 Å². The van der Waals surface area contributed by atoms with E-state index in [4.69, 9.17) is 5.11 Å². The van der Waals surface area contributed by atoms with E-state index in [1.54, 1.807) is 0 Å². The Morgan fingerprint density at radius 3 is 2.53 bits per heavy atom. The number of hydrogen-bond acceptors (Lipinski definition) is 4. The number of aliphatic hydroxyl groups excluding tert-OH is 1. The van der Waals surface area contributed by atoms with Crippen LogP contribution in [0.5, 0.6) is 0 Å². The molecule has 0 fully saturated rings. The van der Waals surface area contributed by atoms with Gasteiger partial charge in [-0.3, -0.25) is 4.98 Å². The Hall–Kier alpha value is -1.13. The second-order valence-electron chi connectivity index (χ2n) is 5.06. The molecule has 4 nitrogen and oxygen atoms in total. The highest BCUT2D eigenvalue weighted by Crippen LogP contribution is 2.20. The number of nitrogens with one attached hydrogen (secondary N) is 1. The molecule has 0 amide bonds. The molecule has 108 valence electrons. The summed E-state index contributed by atoms with van der Waals surface area (Å²) in [5.41, 5.74) is 2.21. The average molecular weight is 265 g/mol. The molecule has 1 heterocycles. The van der Waals surface area contributed by atoms with Crippen LogP contribution in [0.4, 0.5) is 5.69 Å². The predicted octanol–water partition coefficient (Wildman–Crippen LogP) is 2.35. The highest BCUT2D eigenvalue weighted by atomic mass is 16.3. The summed E-state index contributed by atoms with van der Waals surface area (Å²) in [6.45, 7) is 7.56. The van der Waals surface area contributed by atoms with Crippen molar-refractivity contribution in [3.8, 4) is 0 Å². The van der Waals surface area contributed by atoms with E-state index in [0.29, 0.717) is 12.1 Å². The van der Waals surface area contributed by atoms with E-state index >= 15 is 0 Å². The summed E-state index contributed by atoms with van der Waals surface area (Å²) in [5.74, 6) is 0.